The lowest BCUT2D eigenvalue weighted by molar-refractivity contribution is 0.242. The number of halogens is 2. The van der Waals surface area contributed by atoms with E-state index in [2.05, 4.69) is 27.9 Å². The molecule has 3 aromatic rings. The van der Waals surface area contributed by atoms with E-state index in [0.717, 1.165) is 11.8 Å². The van der Waals surface area contributed by atoms with Gasteiger partial charge in [0.1, 0.15) is 29.0 Å². The van der Waals surface area contributed by atoms with E-state index in [1.165, 1.54) is 24.3 Å². The monoisotopic (exact) mass is 401 g/mol. The average molecular weight is 401 g/mol. The number of aromatic nitrogens is 2. The van der Waals surface area contributed by atoms with Crippen molar-refractivity contribution in [2.45, 2.75) is 12.2 Å². The van der Waals surface area contributed by atoms with Crippen molar-refractivity contribution < 1.29 is 18.3 Å². The normalized spacial score (nSPS) is 13.4. The molecule has 5 nitrogen and oxygen atoms in total. The first-order valence-corrected chi connectivity index (χ1v) is 9.35. The summed E-state index contributed by atoms with van der Waals surface area (Å²) in [4.78, 5) is 8.49. The van der Waals surface area contributed by atoms with E-state index in [1.54, 1.807) is 6.07 Å². The lowest BCUT2D eigenvalue weighted by atomic mass is 10.0. The van der Waals surface area contributed by atoms with Crippen molar-refractivity contribution in [2.24, 2.45) is 0 Å². The predicted molar refractivity (Wildman–Crippen MR) is 105 cm³/mol. The standard InChI is InChI=1S/C20H17F2N3O2S/c21-13-2-3-14-15-9-18(23-10-16(15)22)24-19-6-12(11-28)7-20(25-19)27-5-1-4-26-17(14)8-13/h2-3,6-10,28H,1,4-5,11H2,(H,23,24,25). The molecule has 0 fully saturated rings. The molecular weight excluding hydrogens is 384 g/mol. The number of nitrogens with one attached hydrogen (secondary N) is 1. The van der Waals surface area contributed by atoms with Crippen LogP contribution >= 0.6 is 12.6 Å². The van der Waals surface area contributed by atoms with E-state index in [4.69, 9.17) is 9.47 Å². The molecule has 0 unspecified atom stereocenters. The molecule has 0 amide bonds. The van der Waals surface area contributed by atoms with Crippen molar-refractivity contribution in [3.8, 4) is 22.8 Å². The number of hydrogen-bond acceptors (Lipinski definition) is 6. The van der Waals surface area contributed by atoms with Crippen molar-refractivity contribution in [2.75, 3.05) is 18.5 Å². The van der Waals surface area contributed by atoms with Gasteiger partial charge in [0.25, 0.3) is 0 Å². The van der Waals surface area contributed by atoms with Gasteiger partial charge in [0.05, 0.1) is 19.4 Å². The molecule has 0 saturated carbocycles. The van der Waals surface area contributed by atoms with Crippen LogP contribution in [0.15, 0.2) is 42.6 Å². The first-order valence-electron chi connectivity index (χ1n) is 8.72. The number of rotatable bonds is 1. The van der Waals surface area contributed by atoms with E-state index < -0.39 is 11.6 Å². The highest BCUT2D eigenvalue weighted by atomic mass is 32.1. The topological polar surface area (TPSA) is 56.3 Å². The molecule has 4 bridgehead atoms. The third-order valence-corrected chi connectivity index (χ3v) is 4.55. The lowest BCUT2D eigenvalue weighted by Crippen LogP contribution is -2.08. The fourth-order valence-corrected chi connectivity index (χ4v) is 3.07. The van der Waals surface area contributed by atoms with E-state index in [9.17, 15) is 8.78 Å². The highest BCUT2D eigenvalue weighted by Crippen LogP contribution is 2.34. The zero-order valence-electron chi connectivity index (χ0n) is 14.8. The Morgan fingerprint density at radius 1 is 1.00 bits per heavy atom. The fourth-order valence-electron chi connectivity index (χ4n) is 2.89. The van der Waals surface area contributed by atoms with Gasteiger partial charge in [0.2, 0.25) is 5.88 Å². The molecule has 0 saturated heterocycles. The molecule has 28 heavy (non-hydrogen) atoms. The molecule has 1 aliphatic rings. The van der Waals surface area contributed by atoms with Crippen LogP contribution in [0.25, 0.3) is 11.1 Å². The maximum absolute atomic E-state index is 14.5. The van der Waals surface area contributed by atoms with Gasteiger partial charge in [-0.3, -0.25) is 0 Å². The molecule has 1 aliphatic heterocycles. The Morgan fingerprint density at radius 3 is 2.71 bits per heavy atom. The maximum Gasteiger partial charge on any atom is 0.215 e. The van der Waals surface area contributed by atoms with E-state index in [1.807, 2.05) is 6.07 Å². The Hall–Kier alpha value is -2.87. The minimum Gasteiger partial charge on any atom is -0.493 e. The van der Waals surface area contributed by atoms with Crippen molar-refractivity contribution in [1.82, 2.24) is 9.97 Å². The number of hydrogen-bond donors (Lipinski definition) is 2. The van der Waals surface area contributed by atoms with E-state index >= 15 is 0 Å². The van der Waals surface area contributed by atoms with Crippen LogP contribution in [0.2, 0.25) is 0 Å². The number of benzene rings is 1. The van der Waals surface area contributed by atoms with Crippen molar-refractivity contribution in [1.29, 1.82) is 0 Å². The lowest BCUT2D eigenvalue weighted by Gasteiger charge is -2.16. The zero-order valence-corrected chi connectivity index (χ0v) is 15.7. The Morgan fingerprint density at radius 2 is 1.86 bits per heavy atom. The van der Waals surface area contributed by atoms with Crippen LogP contribution in [-0.2, 0) is 5.75 Å². The molecule has 1 N–H and O–H groups in total. The van der Waals surface area contributed by atoms with Crippen LogP contribution in [0, 0.1) is 11.6 Å². The Balaban J connectivity index is 1.82. The molecular formula is C20H17F2N3O2S. The number of nitrogens with zero attached hydrogens (tertiary/aromatic N) is 2. The summed E-state index contributed by atoms with van der Waals surface area (Å²) in [6.45, 7) is 0.651. The molecule has 3 heterocycles. The van der Waals surface area contributed by atoms with Crippen LogP contribution in [0.3, 0.4) is 0 Å². The van der Waals surface area contributed by atoms with Gasteiger partial charge in [0, 0.05) is 35.4 Å². The highest BCUT2D eigenvalue weighted by Gasteiger charge is 2.15. The molecule has 0 spiro atoms. The van der Waals surface area contributed by atoms with Gasteiger partial charge in [-0.05, 0) is 29.8 Å². The fraction of sp³-hybridized carbons (Fsp3) is 0.200. The summed E-state index contributed by atoms with van der Waals surface area (Å²) in [6.07, 6.45) is 1.66. The van der Waals surface area contributed by atoms with Gasteiger partial charge in [-0.25, -0.2) is 13.8 Å². The molecule has 2 aromatic heterocycles. The molecule has 0 aliphatic carbocycles. The van der Waals surface area contributed by atoms with Crippen molar-refractivity contribution in [3.05, 3.63) is 59.8 Å². The second kappa shape index (κ2) is 8.02. The number of fused-ring (bicyclic) bond motifs is 6. The van der Waals surface area contributed by atoms with E-state index in [0.29, 0.717) is 41.9 Å². The van der Waals surface area contributed by atoms with Crippen molar-refractivity contribution >= 4 is 24.3 Å². The molecule has 4 rings (SSSR count). The van der Waals surface area contributed by atoms with Gasteiger partial charge in [0.15, 0.2) is 0 Å². The Kier molecular flexibility index (Phi) is 5.29. The van der Waals surface area contributed by atoms with Crippen molar-refractivity contribution in [3.63, 3.8) is 0 Å². The summed E-state index contributed by atoms with van der Waals surface area (Å²) < 4.78 is 39.6. The van der Waals surface area contributed by atoms with Gasteiger partial charge in [-0.15, -0.1) is 0 Å². The van der Waals surface area contributed by atoms with Crippen LogP contribution in [0.4, 0.5) is 20.4 Å². The van der Waals surface area contributed by atoms with Crippen LogP contribution in [-0.4, -0.2) is 23.2 Å². The van der Waals surface area contributed by atoms with Gasteiger partial charge in [-0.2, -0.15) is 17.6 Å². The zero-order chi connectivity index (χ0) is 19.5. The second-order valence-corrected chi connectivity index (χ2v) is 6.54. The van der Waals surface area contributed by atoms with Crippen LogP contribution in [0.5, 0.6) is 11.6 Å². The number of anilines is 2. The summed E-state index contributed by atoms with van der Waals surface area (Å²) in [5, 5.41) is 3.06. The predicted octanol–water partition coefficient (Wildman–Crippen LogP) is 4.76. The van der Waals surface area contributed by atoms with Gasteiger partial charge >= 0.3 is 0 Å². The van der Waals surface area contributed by atoms with Crippen LogP contribution < -0.4 is 14.8 Å². The van der Waals surface area contributed by atoms with Crippen LogP contribution in [0.1, 0.15) is 12.0 Å². The first-order chi connectivity index (χ1) is 13.6. The molecule has 8 heteroatoms. The molecule has 0 radical (unpaired) electrons. The molecule has 0 atom stereocenters. The summed E-state index contributed by atoms with van der Waals surface area (Å²) in [5.41, 5.74) is 1.62. The third-order valence-electron chi connectivity index (χ3n) is 4.19. The quantitative estimate of drug-likeness (QED) is 0.576. The maximum atomic E-state index is 14.5. The summed E-state index contributed by atoms with van der Waals surface area (Å²) in [5.74, 6) is 1.13. The van der Waals surface area contributed by atoms with Gasteiger partial charge < -0.3 is 14.8 Å². The number of pyridine rings is 2. The Labute approximate surface area is 166 Å². The molecule has 144 valence electrons. The SMILES string of the molecule is Fc1ccc2c(c1)OCCCOc1cc(CS)cc(n1)Nc1cc-2c(F)cn1. The number of thiol groups is 1. The largest absolute Gasteiger partial charge is 0.493 e. The van der Waals surface area contributed by atoms with E-state index in [-0.39, 0.29) is 17.9 Å². The number of ether oxygens (including phenoxy) is 2. The minimum atomic E-state index is -0.532. The molecule has 1 aromatic carbocycles. The van der Waals surface area contributed by atoms with Gasteiger partial charge in [-0.1, -0.05) is 0 Å². The first kappa shape index (κ1) is 18.5. The second-order valence-electron chi connectivity index (χ2n) is 6.22. The smallest absolute Gasteiger partial charge is 0.215 e. The minimum absolute atomic E-state index is 0.256. The summed E-state index contributed by atoms with van der Waals surface area (Å²) in [7, 11) is 0. The third kappa shape index (κ3) is 4.01. The summed E-state index contributed by atoms with van der Waals surface area (Å²) in [6, 6.07) is 9.18. The average Bonchev–Trinajstić information content (AvgIpc) is 2.69. The summed E-state index contributed by atoms with van der Waals surface area (Å²) >= 11 is 4.31. The Bertz CT molecular complexity index is 1020. The highest BCUT2D eigenvalue weighted by molar-refractivity contribution is 7.79.